The molecule has 154 valence electrons. The zero-order chi connectivity index (χ0) is 21.3. The molecule has 0 fully saturated rings. The van der Waals surface area contributed by atoms with E-state index in [1.165, 1.54) is 21.8 Å². The summed E-state index contributed by atoms with van der Waals surface area (Å²) in [7, 11) is 0. The Hall–Kier alpha value is -3.28. The number of nitrogens with zero attached hydrogens (tertiary/aromatic N) is 4. The van der Waals surface area contributed by atoms with Gasteiger partial charge < -0.3 is 15.7 Å². The molecule has 1 aromatic carbocycles. The number of aliphatic hydroxyl groups excluding tert-OH is 1. The van der Waals surface area contributed by atoms with Gasteiger partial charge in [0.2, 0.25) is 5.95 Å². The summed E-state index contributed by atoms with van der Waals surface area (Å²) in [5, 5.41) is 26.7. The molecule has 0 bridgehead atoms. The topological polar surface area (TPSA) is 116 Å². The number of rotatable bonds is 5. The molecule has 1 aliphatic heterocycles. The molecular weight excluding hydrogens is 380 g/mol. The van der Waals surface area contributed by atoms with Crippen molar-refractivity contribution in [3.63, 3.8) is 0 Å². The number of anilines is 2. The van der Waals surface area contributed by atoms with Crippen LogP contribution in [0, 0.1) is 11.3 Å². The Morgan fingerprint density at radius 1 is 1.37 bits per heavy atom. The SMILES string of the molecule is CCC(C(C)O)n1c(=O)c(C#N)cc2cnc(Nc3ccc4c(c3)CCNC4)nc21. The third kappa shape index (κ3) is 3.65. The van der Waals surface area contributed by atoms with E-state index in [0.29, 0.717) is 23.4 Å². The normalized spacial score (nSPS) is 15.3. The van der Waals surface area contributed by atoms with E-state index in [9.17, 15) is 15.2 Å². The zero-order valence-corrected chi connectivity index (χ0v) is 17.0. The van der Waals surface area contributed by atoms with Gasteiger partial charge in [-0.25, -0.2) is 4.98 Å². The van der Waals surface area contributed by atoms with Crippen molar-refractivity contribution in [2.75, 3.05) is 11.9 Å². The highest BCUT2D eigenvalue weighted by atomic mass is 16.3. The number of benzene rings is 1. The van der Waals surface area contributed by atoms with E-state index < -0.39 is 17.7 Å². The molecule has 3 heterocycles. The molecule has 1 aliphatic rings. The Kier molecular flexibility index (Phi) is 5.48. The molecule has 30 heavy (non-hydrogen) atoms. The molecule has 8 heteroatoms. The van der Waals surface area contributed by atoms with E-state index in [1.807, 2.05) is 19.1 Å². The van der Waals surface area contributed by atoms with Crippen LogP contribution in [0.4, 0.5) is 11.6 Å². The van der Waals surface area contributed by atoms with Crippen LogP contribution in [0.2, 0.25) is 0 Å². The summed E-state index contributed by atoms with van der Waals surface area (Å²) in [5.74, 6) is 0.356. The number of fused-ring (bicyclic) bond motifs is 2. The van der Waals surface area contributed by atoms with Crippen LogP contribution in [0.15, 0.2) is 35.3 Å². The zero-order valence-electron chi connectivity index (χ0n) is 17.0. The van der Waals surface area contributed by atoms with Crippen LogP contribution >= 0.6 is 0 Å². The highest BCUT2D eigenvalue weighted by molar-refractivity contribution is 5.77. The van der Waals surface area contributed by atoms with Gasteiger partial charge in [-0.15, -0.1) is 0 Å². The monoisotopic (exact) mass is 404 g/mol. The first kappa shape index (κ1) is 20.0. The van der Waals surface area contributed by atoms with Gasteiger partial charge in [0.25, 0.3) is 5.56 Å². The predicted molar refractivity (Wildman–Crippen MR) is 115 cm³/mol. The molecule has 3 aromatic rings. The first-order chi connectivity index (χ1) is 14.5. The third-order valence-corrected chi connectivity index (χ3v) is 5.55. The van der Waals surface area contributed by atoms with Crippen molar-refractivity contribution in [1.29, 1.82) is 5.26 Å². The van der Waals surface area contributed by atoms with Crippen LogP contribution in [-0.2, 0) is 13.0 Å². The Bertz CT molecular complexity index is 1190. The average molecular weight is 404 g/mol. The summed E-state index contributed by atoms with van der Waals surface area (Å²) >= 11 is 0. The van der Waals surface area contributed by atoms with Gasteiger partial charge >= 0.3 is 0 Å². The summed E-state index contributed by atoms with van der Waals surface area (Å²) in [6.45, 7) is 5.34. The summed E-state index contributed by atoms with van der Waals surface area (Å²) in [6, 6.07) is 9.11. The second-order valence-corrected chi connectivity index (χ2v) is 7.57. The van der Waals surface area contributed by atoms with E-state index in [2.05, 4.69) is 32.7 Å². The number of nitrogens with one attached hydrogen (secondary N) is 2. The lowest BCUT2D eigenvalue weighted by molar-refractivity contribution is 0.127. The maximum atomic E-state index is 12.9. The molecule has 0 aliphatic carbocycles. The molecule has 3 N–H and O–H groups in total. The molecule has 0 amide bonds. The fourth-order valence-corrected chi connectivity index (χ4v) is 3.99. The first-order valence-electron chi connectivity index (χ1n) is 10.1. The molecule has 0 saturated carbocycles. The van der Waals surface area contributed by atoms with E-state index >= 15 is 0 Å². The second kappa shape index (κ2) is 8.22. The van der Waals surface area contributed by atoms with Crippen LogP contribution in [0.25, 0.3) is 11.0 Å². The van der Waals surface area contributed by atoms with Crippen LogP contribution < -0.4 is 16.2 Å². The summed E-state index contributed by atoms with van der Waals surface area (Å²) in [4.78, 5) is 21.8. The van der Waals surface area contributed by atoms with Crippen LogP contribution in [0.3, 0.4) is 0 Å². The predicted octanol–water partition coefficient (Wildman–Crippen LogP) is 2.38. The van der Waals surface area contributed by atoms with E-state index in [4.69, 9.17) is 0 Å². The number of aromatic nitrogens is 3. The molecule has 8 nitrogen and oxygen atoms in total. The Labute approximate surface area is 174 Å². The molecule has 0 radical (unpaired) electrons. The van der Waals surface area contributed by atoms with Gasteiger partial charge in [0, 0.05) is 23.8 Å². The molecular formula is C22H24N6O2. The van der Waals surface area contributed by atoms with Gasteiger partial charge in [0.15, 0.2) is 0 Å². The fraction of sp³-hybridized carbons (Fsp3) is 0.364. The lowest BCUT2D eigenvalue weighted by Gasteiger charge is -2.23. The Morgan fingerprint density at radius 3 is 2.93 bits per heavy atom. The molecule has 2 aromatic heterocycles. The highest BCUT2D eigenvalue weighted by Gasteiger charge is 2.22. The summed E-state index contributed by atoms with van der Waals surface area (Å²) in [5.41, 5.74) is 3.39. The standard InChI is InChI=1S/C22H24N6O2/c1-3-19(13(2)29)28-20-17(8-16(10-23)21(28)30)12-25-22(27-20)26-18-5-4-15-11-24-7-6-14(15)9-18/h4-5,8-9,12-13,19,24,29H,3,6-7,11H2,1-2H3,(H,25,26,27). The van der Waals surface area contributed by atoms with Crippen LogP contribution in [-0.4, -0.2) is 32.3 Å². The van der Waals surface area contributed by atoms with Gasteiger partial charge in [0.1, 0.15) is 17.3 Å². The molecule has 4 rings (SSSR count). The van der Waals surface area contributed by atoms with Crippen molar-refractivity contribution in [3.8, 4) is 6.07 Å². The van der Waals surface area contributed by atoms with Crippen LogP contribution in [0.5, 0.6) is 0 Å². The van der Waals surface area contributed by atoms with Crippen molar-refractivity contribution in [3.05, 3.63) is 57.5 Å². The largest absolute Gasteiger partial charge is 0.391 e. The summed E-state index contributed by atoms with van der Waals surface area (Å²) < 4.78 is 1.42. The molecule has 0 spiro atoms. The van der Waals surface area contributed by atoms with Gasteiger partial charge in [-0.3, -0.25) is 9.36 Å². The molecule has 2 unspecified atom stereocenters. The minimum Gasteiger partial charge on any atom is -0.391 e. The number of nitriles is 1. The fourth-order valence-electron chi connectivity index (χ4n) is 3.99. The van der Waals surface area contributed by atoms with Crippen molar-refractivity contribution in [2.24, 2.45) is 0 Å². The van der Waals surface area contributed by atoms with Gasteiger partial charge in [0.05, 0.1) is 12.1 Å². The van der Waals surface area contributed by atoms with Crippen molar-refractivity contribution < 1.29 is 5.11 Å². The maximum absolute atomic E-state index is 12.9. The summed E-state index contributed by atoms with van der Waals surface area (Å²) in [6.07, 6.45) is 2.31. The molecule has 0 saturated heterocycles. The van der Waals surface area contributed by atoms with E-state index in [-0.39, 0.29) is 5.56 Å². The number of pyridine rings is 1. The third-order valence-electron chi connectivity index (χ3n) is 5.55. The minimum absolute atomic E-state index is 0.00852. The smallest absolute Gasteiger partial charge is 0.270 e. The van der Waals surface area contributed by atoms with E-state index in [0.717, 1.165) is 25.2 Å². The van der Waals surface area contributed by atoms with Gasteiger partial charge in [-0.1, -0.05) is 13.0 Å². The van der Waals surface area contributed by atoms with Crippen molar-refractivity contribution >= 4 is 22.7 Å². The Balaban J connectivity index is 1.80. The van der Waals surface area contributed by atoms with Crippen molar-refractivity contribution in [1.82, 2.24) is 19.9 Å². The molecule has 2 atom stereocenters. The number of aliphatic hydroxyl groups is 1. The average Bonchev–Trinajstić information content (AvgIpc) is 2.75. The first-order valence-corrected chi connectivity index (χ1v) is 10.1. The van der Waals surface area contributed by atoms with E-state index in [1.54, 1.807) is 13.1 Å². The highest BCUT2D eigenvalue weighted by Crippen LogP contribution is 2.24. The number of hydrogen-bond acceptors (Lipinski definition) is 7. The van der Waals surface area contributed by atoms with Crippen LogP contribution in [0.1, 0.15) is 43.0 Å². The maximum Gasteiger partial charge on any atom is 0.270 e. The lowest BCUT2D eigenvalue weighted by Crippen LogP contribution is -2.33. The minimum atomic E-state index is -0.773. The van der Waals surface area contributed by atoms with Gasteiger partial charge in [-0.2, -0.15) is 10.2 Å². The number of hydrogen-bond donors (Lipinski definition) is 3. The quantitative estimate of drug-likeness (QED) is 0.598. The lowest BCUT2D eigenvalue weighted by atomic mass is 10.0. The van der Waals surface area contributed by atoms with Gasteiger partial charge in [-0.05, 0) is 55.6 Å². The second-order valence-electron chi connectivity index (χ2n) is 7.57. The van der Waals surface area contributed by atoms with Crippen molar-refractivity contribution in [2.45, 2.75) is 45.4 Å². The Morgan fingerprint density at radius 2 is 2.20 bits per heavy atom.